The number of hydrogen-bond acceptors (Lipinski definition) is 8. The molecule has 0 radical (unpaired) electrons. The molecule has 0 bridgehead atoms. The number of carbonyl (C=O) groups excluding carboxylic acids is 3. The second-order valence-corrected chi connectivity index (χ2v) is 12.1. The van der Waals surface area contributed by atoms with Crippen molar-refractivity contribution in [3.63, 3.8) is 0 Å². The van der Waals surface area contributed by atoms with Gasteiger partial charge in [0.15, 0.2) is 0 Å². The summed E-state index contributed by atoms with van der Waals surface area (Å²) in [5.74, 6) is -0.203. The van der Waals surface area contributed by atoms with Crippen LogP contribution in [0, 0.1) is 17.2 Å². The lowest BCUT2D eigenvalue weighted by molar-refractivity contribution is -0.145. The van der Waals surface area contributed by atoms with E-state index in [0.29, 0.717) is 12.3 Å². The summed E-state index contributed by atoms with van der Waals surface area (Å²) in [5, 5.41) is 14.4. The molecule has 2 aromatic carbocycles. The predicted molar refractivity (Wildman–Crippen MR) is 173 cm³/mol. The molecular formula is C34H48N4O6. The number of rotatable bonds is 12. The van der Waals surface area contributed by atoms with Crippen LogP contribution in [0.25, 0.3) is 16.8 Å². The molecule has 0 spiro atoms. The number of hydrogen-bond donors (Lipinski definition) is 2. The van der Waals surface area contributed by atoms with E-state index in [4.69, 9.17) is 15.2 Å². The van der Waals surface area contributed by atoms with Crippen molar-refractivity contribution in [3.05, 3.63) is 47.5 Å². The van der Waals surface area contributed by atoms with E-state index in [1.807, 2.05) is 24.3 Å². The van der Waals surface area contributed by atoms with E-state index < -0.39 is 17.6 Å². The molecule has 240 valence electrons. The first kappa shape index (κ1) is 36.1. The van der Waals surface area contributed by atoms with Crippen molar-refractivity contribution in [3.8, 4) is 6.07 Å². The van der Waals surface area contributed by atoms with E-state index in [0.717, 1.165) is 35.8 Å². The number of esters is 1. The van der Waals surface area contributed by atoms with Crippen molar-refractivity contribution in [1.29, 1.82) is 5.26 Å². The summed E-state index contributed by atoms with van der Waals surface area (Å²) < 4.78 is 15.1. The lowest BCUT2D eigenvalue weighted by Gasteiger charge is -2.29. The minimum Gasteiger partial charge on any atom is -0.463 e. The number of nitrogens with one attached hydrogen (secondary N) is 1. The number of nitrogens with two attached hydrogens (primary N) is 1. The van der Waals surface area contributed by atoms with Crippen molar-refractivity contribution in [2.24, 2.45) is 11.7 Å². The Balaban J connectivity index is 0.000000742. The van der Waals surface area contributed by atoms with Crippen LogP contribution < -0.4 is 16.0 Å². The first-order chi connectivity index (χ1) is 20.9. The molecule has 0 saturated carbocycles. The van der Waals surface area contributed by atoms with Gasteiger partial charge in [-0.15, -0.1) is 0 Å². The molecule has 0 atom stereocenters. The lowest BCUT2D eigenvalue weighted by Crippen LogP contribution is -2.29. The number of fused-ring (bicyclic) bond motifs is 1. The average Bonchev–Trinajstić information content (AvgIpc) is 2.97. The molecule has 2 amide bonds. The minimum absolute atomic E-state index is 0.0402. The number of carbonyl (C=O) groups is 3. The Kier molecular flexibility index (Phi) is 15.2. The summed E-state index contributed by atoms with van der Waals surface area (Å²) in [6.45, 7) is 12.6. The van der Waals surface area contributed by atoms with Gasteiger partial charge in [0.25, 0.3) is 5.91 Å². The molecule has 1 aliphatic rings. The highest BCUT2D eigenvalue weighted by Gasteiger charge is 2.13. The van der Waals surface area contributed by atoms with Crippen LogP contribution in [-0.2, 0) is 23.8 Å². The molecule has 3 N–H and O–H groups in total. The summed E-state index contributed by atoms with van der Waals surface area (Å²) in [7, 11) is 0. The van der Waals surface area contributed by atoms with Gasteiger partial charge in [0.05, 0.1) is 13.2 Å². The van der Waals surface area contributed by atoms with Gasteiger partial charge in [-0.25, -0.2) is 4.79 Å². The Morgan fingerprint density at radius 2 is 1.70 bits per heavy atom. The number of piperidine rings is 1. The zero-order chi connectivity index (χ0) is 32.5. The maximum Gasteiger partial charge on any atom is 0.405 e. The van der Waals surface area contributed by atoms with Crippen molar-refractivity contribution < 1.29 is 28.6 Å². The zero-order valence-electron chi connectivity index (χ0n) is 26.8. The molecule has 10 heteroatoms. The van der Waals surface area contributed by atoms with Gasteiger partial charge < -0.3 is 30.2 Å². The van der Waals surface area contributed by atoms with Gasteiger partial charge in [-0.05, 0) is 93.0 Å². The molecule has 44 heavy (non-hydrogen) atoms. The molecule has 1 fully saturated rings. The fourth-order valence-electron chi connectivity index (χ4n) is 4.43. The van der Waals surface area contributed by atoms with Gasteiger partial charge >= 0.3 is 12.1 Å². The van der Waals surface area contributed by atoms with Crippen LogP contribution in [0.5, 0.6) is 0 Å². The molecule has 0 unspecified atom stereocenters. The number of nitriles is 1. The van der Waals surface area contributed by atoms with E-state index in [1.165, 1.54) is 24.9 Å². The van der Waals surface area contributed by atoms with Gasteiger partial charge in [-0.2, -0.15) is 5.26 Å². The Labute approximate surface area is 261 Å². The number of nitrogens with zero attached hydrogens (tertiary/aromatic N) is 2. The molecule has 0 aliphatic carbocycles. The van der Waals surface area contributed by atoms with Gasteiger partial charge in [0.2, 0.25) is 0 Å². The second-order valence-electron chi connectivity index (χ2n) is 12.1. The van der Waals surface area contributed by atoms with Crippen LogP contribution >= 0.6 is 0 Å². The lowest BCUT2D eigenvalue weighted by atomic mass is 10.0. The van der Waals surface area contributed by atoms with Crippen LogP contribution in [-0.4, -0.2) is 63.0 Å². The third-order valence-corrected chi connectivity index (χ3v) is 6.60. The summed E-state index contributed by atoms with van der Waals surface area (Å²) in [6.07, 6.45) is 5.87. The summed E-state index contributed by atoms with van der Waals surface area (Å²) in [5.41, 5.74) is 6.35. The number of ether oxygens (including phenoxy) is 3. The van der Waals surface area contributed by atoms with Crippen LogP contribution in [0.1, 0.15) is 72.3 Å². The molecule has 3 rings (SSSR count). The third kappa shape index (κ3) is 14.4. The summed E-state index contributed by atoms with van der Waals surface area (Å²) in [6, 6.07) is 14.4. The van der Waals surface area contributed by atoms with Crippen LogP contribution in [0.15, 0.2) is 42.0 Å². The largest absolute Gasteiger partial charge is 0.463 e. The van der Waals surface area contributed by atoms with E-state index in [-0.39, 0.29) is 37.9 Å². The van der Waals surface area contributed by atoms with Gasteiger partial charge in [-0.3, -0.25) is 9.59 Å². The third-order valence-electron chi connectivity index (χ3n) is 6.60. The second kappa shape index (κ2) is 18.5. The van der Waals surface area contributed by atoms with Crippen LogP contribution in [0.3, 0.4) is 0 Å². The quantitative estimate of drug-likeness (QED) is 0.135. The fourth-order valence-corrected chi connectivity index (χ4v) is 4.43. The zero-order valence-corrected chi connectivity index (χ0v) is 26.8. The maximum absolute atomic E-state index is 12.4. The number of primary amides is 1. The minimum atomic E-state index is -0.725. The van der Waals surface area contributed by atoms with Crippen molar-refractivity contribution >= 4 is 40.5 Å². The first-order valence-corrected chi connectivity index (χ1v) is 15.3. The number of benzene rings is 2. The molecule has 1 aliphatic heterocycles. The molecule has 10 nitrogen and oxygen atoms in total. The standard InChI is InChI=1S/C29H37N3O4.C5H11NO2/c1-22(2)6-11-28(33)36-17-16-35-15-12-31-29(34)26(21-30)19-23-7-8-25-20-27(10-9-24(25)18-23)32-13-4-3-5-14-32;1-5(2,3)8-4(6)7/h7-10,18-20,22H,3-6,11-17H2,1-2H3,(H,31,34);1-3H3,(H2,6,7)/b26-19+;. The molecule has 2 aromatic rings. The number of amides is 2. The van der Waals surface area contributed by atoms with Gasteiger partial charge in [0.1, 0.15) is 23.9 Å². The smallest absolute Gasteiger partial charge is 0.405 e. The highest BCUT2D eigenvalue weighted by Crippen LogP contribution is 2.26. The highest BCUT2D eigenvalue weighted by atomic mass is 16.6. The highest BCUT2D eigenvalue weighted by molar-refractivity contribution is 6.02. The predicted octanol–water partition coefficient (Wildman–Crippen LogP) is 5.73. The molecular weight excluding hydrogens is 560 g/mol. The summed E-state index contributed by atoms with van der Waals surface area (Å²) >= 11 is 0. The van der Waals surface area contributed by atoms with E-state index >= 15 is 0 Å². The average molecular weight is 609 g/mol. The van der Waals surface area contributed by atoms with E-state index in [9.17, 15) is 19.6 Å². The van der Waals surface area contributed by atoms with Gasteiger partial charge in [0, 0.05) is 31.7 Å². The van der Waals surface area contributed by atoms with Crippen molar-refractivity contribution in [2.45, 2.75) is 72.3 Å². The summed E-state index contributed by atoms with van der Waals surface area (Å²) in [4.78, 5) is 36.4. The maximum atomic E-state index is 12.4. The van der Waals surface area contributed by atoms with E-state index in [1.54, 1.807) is 26.8 Å². The Morgan fingerprint density at radius 1 is 1.02 bits per heavy atom. The SMILES string of the molecule is CC(C)(C)OC(N)=O.CC(C)CCC(=O)OCCOCCNC(=O)/C(C#N)=C/c1ccc2cc(N3CCCCC3)ccc2c1. The van der Waals surface area contributed by atoms with Crippen LogP contribution in [0.2, 0.25) is 0 Å². The Bertz CT molecular complexity index is 1300. The van der Waals surface area contributed by atoms with Crippen molar-refractivity contribution in [1.82, 2.24) is 5.32 Å². The van der Waals surface area contributed by atoms with Crippen LogP contribution in [0.4, 0.5) is 10.5 Å². The van der Waals surface area contributed by atoms with Crippen molar-refractivity contribution in [2.75, 3.05) is 44.4 Å². The molecule has 1 heterocycles. The first-order valence-electron chi connectivity index (χ1n) is 15.3. The van der Waals surface area contributed by atoms with E-state index in [2.05, 4.69) is 47.0 Å². The Hall–Kier alpha value is -4.10. The Morgan fingerprint density at radius 3 is 2.32 bits per heavy atom. The normalized spacial score (nSPS) is 13.5. The monoisotopic (exact) mass is 608 g/mol. The number of anilines is 1. The molecule has 0 aromatic heterocycles. The molecule has 1 saturated heterocycles. The topological polar surface area (TPSA) is 144 Å². The van der Waals surface area contributed by atoms with Gasteiger partial charge in [-0.1, -0.05) is 32.0 Å². The fraction of sp³-hybridized carbons (Fsp3) is 0.529.